The van der Waals surface area contributed by atoms with E-state index in [1.54, 1.807) is 0 Å². The van der Waals surface area contributed by atoms with E-state index in [2.05, 4.69) is 14.5 Å². The zero-order valence-corrected chi connectivity index (χ0v) is 14.4. The highest BCUT2D eigenvalue weighted by atomic mass is 35.5. The number of rotatable bonds is 7. The van der Waals surface area contributed by atoms with Crippen LogP contribution in [0.5, 0.6) is 0 Å². The van der Waals surface area contributed by atoms with Gasteiger partial charge in [-0.05, 0) is 24.6 Å². The molecule has 0 fully saturated rings. The van der Waals surface area contributed by atoms with Crippen molar-refractivity contribution in [1.82, 2.24) is 0 Å². The highest BCUT2D eigenvalue weighted by Crippen LogP contribution is 2.28. The molecule has 0 heterocycles. The van der Waals surface area contributed by atoms with Gasteiger partial charge in [-0.2, -0.15) is 13.2 Å². The van der Waals surface area contributed by atoms with Crippen molar-refractivity contribution in [3.8, 4) is 0 Å². The SMILES string of the molecule is CCOC(=O)CC(=NC(CC(=O)OC)c1ccc(Cl)cc1)C(F)(F)F. The Morgan fingerprint density at radius 1 is 1.20 bits per heavy atom. The maximum absolute atomic E-state index is 13.2. The lowest BCUT2D eigenvalue weighted by Gasteiger charge is -2.16. The number of nitrogens with zero attached hydrogens (tertiary/aromatic N) is 1. The van der Waals surface area contributed by atoms with Crippen molar-refractivity contribution >= 4 is 29.3 Å². The molecule has 0 bridgehead atoms. The number of benzene rings is 1. The van der Waals surface area contributed by atoms with Crippen LogP contribution in [0, 0.1) is 0 Å². The first-order valence-corrected chi connectivity index (χ1v) is 7.67. The van der Waals surface area contributed by atoms with Gasteiger partial charge in [0.1, 0.15) is 5.71 Å². The van der Waals surface area contributed by atoms with E-state index >= 15 is 0 Å². The number of methoxy groups -OCH3 is 1. The van der Waals surface area contributed by atoms with E-state index in [0.717, 1.165) is 7.11 Å². The first-order valence-electron chi connectivity index (χ1n) is 7.29. The van der Waals surface area contributed by atoms with Crippen molar-refractivity contribution in [2.45, 2.75) is 32.0 Å². The lowest BCUT2D eigenvalue weighted by Crippen LogP contribution is -2.28. The Morgan fingerprint density at radius 3 is 2.28 bits per heavy atom. The lowest BCUT2D eigenvalue weighted by atomic mass is 10.0. The maximum Gasteiger partial charge on any atom is 0.429 e. The van der Waals surface area contributed by atoms with Crippen molar-refractivity contribution < 1.29 is 32.2 Å². The van der Waals surface area contributed by atoms with E-state index in [4.69, 9.17) is 11.6 Å². The van der Waals surface area contributed by atoms with Gasteiger partial charge in [0, 0.05) is 5.02 Å². The second kappa shape index (κ2) is 9.41. The van der Waals surface area contributed by atoms with Crippen LogP contribution in [-0.2, 0) is 19.1 Å². The highest BCUT2D eigenvalue weighted by molar-refractivity contribution is 6.30. The van der Waals surface area contributed by atoms with E-state index in [1.807, 2.05) is 0 Å². The number of esters is 2. The molecule has 0 saturated carbocycles. The number of hydrogen-bond donors (Lipinski definition) is 0. The van der Waals surface area contributed by atoms with E-state index in [-0.39, 0.29) is 6.61 Å². The minimum Gasteiger partial charge on any atom is -0.469 e. The van der Waals surface area contributed by atoms with Crippen molar-refractivity contribution in [1.29, 1.82) is 0 Å². The van der Waals surface area contributed by atoms with Gasteiger partial charge in [0.05, 0.1) is 32.6 Å². The molecule has 1 rings (SSSR count). The number of ether oxygens (including phenoxy) is 2. The van der Waals surface area contributed by atoms with Crippen LogP contribution in [0.4, 0.5) is 13.2 Å². The molecule has 1 aromatic rings. The molecule has 25 heavy (non-hydrogen) atoms. The van der Waals surface area contributed by atoms with Gasteiger partial charge in [-0.25, -0.2) is 0 Å². The molecular weight excluding hydrogens is 363 g/mol. The number of alkyl halides is 3. The van der Waals surface area contributed by atoms with E-state index < -0.39 is 42.7 Å². The molecule has 1 unspecified atom stereocenters. The third kappa shape index (κ3) is 7.13. The van der Waals surface area contributed by atoms with Gasteiger partial charge < -0.3 is 9.47 Å². The zero-order chi connectivity index (χ0) is 19.0. The van der Waals surface area contributed by atoms with E-state index in [1.165, 1.54) is 31.2 Å². The Bertz CT molecular complexity index is 629. The van der Waals surface area contributed by atoms with Crippen LogP contribution < -0.4 is 0 Å². The number of aliphatic imine (C=N–C) groups is 1. The van der Waals surface area contributed by atoms with Crippen LogP contribution in [-0.4, -0.2) is 37.5 Å². The van der Waals surface area contributed by atoms with Gasteiger partial charge in [0.15, 0.2) is 0 Å². The second-order valence-electron chi connectivity index (χ2n) is 4.90. The summed E-state index contributed by atoms with van der Waals surface area (Å²) in [6, 6.07) is 4.68. The van der Waals surface area contributed by atoms with Crippen molar-refractivity contribution in [2.75, 3.05) is 13.7 Å². The summed E-state index contributed by atoms with van der Waals surface area (Å²) in [4.78, 5) is 26.6. The molecule has 0 radical (unpaired) electrons. The molecule has 5 nitrogen and oxygen atoms in total. The Balaban J connectivity index is 3.22. The summed E-state index contributed by atoms with van der Waals surface area (Å²) in [5.74, 6) is -1.78. The fourth-order valence-electron chi connectivity index (χ4n) is 1.92. The van der Waals surface area contributed by atoms with Crippen molar-refractivity contribution in [2.24, 2.45) is 4.99 Å². The van der Waals surface area contributed by atoms with E-state index in [0.29, 0.717) is 10.6 Å². The van der Waals surface area contributed by atoms with Crippen molar-refractivity contribution in [3.63, 3.8) is 0 Å². The monoisotopic (exact) mass is 379 g/mol. The first-order chi connectivity index (χ1) is 11.7. The summed E-state index contributed by atoms with van der Waals surface area (Å²) >= 11 is 5.76. The average molecular weight is 380 g/mol. The predicted octanol–water partition coefficient (Wildman–Crippen LogP) is 3.90. The predicted molar refractivity (Wildman–Crippen MR) is 85.6 cm³/mol. The minimum absolute atomic E-state index is 0.0489. The minimum atomic E-state index is -4.84. The summed E-state index contributed by atoms with van der Waals surface area (Å²) in [6.07, 6.45) is -6.29. The molecule has 1 atom stereocenters. The topological polar surface area (TPSA) is 65.0 Å². The Hall–Kier alpha value is -2.09. The fourth-order valence-corrected chi connectivity index (χ4v) is 2.05. The molecular formula is C16H17ClF3NO4. The van der Waals surface area contributed by atoms with Crippen LogP contribution >= 0.6 is 11.6 Å². The molecule has 1 aromatic carbocycles. The molecule has 0 aliphatic heterocycles. The molecule has 0 aliphatic rings. The zero-order valence-electron chi connectivity index (χ0n) is 13.6. The van der Waals surface area contributed by atoms with Crippen LogP contribution in [0.15, 0.2) is 29.3 Å². The highest BCUT2D eigenvalue weighted by Gasteiger charge is 2.38. The van der Waals surface area contributed by atoms with Gasteiger partial charge in [0.25, 0.3) is 0 Å². The number of halogens is 4. The van der Waals surface area contributed by atoms with Gasteiger partial charge in [-0.15, -0.1) is 0 Å². The van der Waals surface area contributed by atoms with Gasteiger partial charge >= 0.3 is 18.1 Å². The van der Waals surface area contributed by atoms with Crippen LogP contribution in [0.2, 0.25) is 5.02 Å². The van der Waals surface area contributed by atoms with Gasteiger partial charge in [-0.1, -0.05) is 23.7 Å². The molecule has 0 aliphatic carbocycles. The molecule has 0 amide bonds. The second-order valence-corrected chi connectivity index (χ2v) is 5.34. The Morgan fingerprint density at radius 2 is 1.80 bits per heavy atom. The fraction of sp³-hybridized carbons (Fsp3) is 0.438. The largest absolute Gasteiger partial charge is 0.469 e. The molecule has 0 spiro atoms. The maximum atomic E-state index is 13.2. The number of carbonyl (C=O) groups excluding carboxylic acids is 2. The molecule has 0 saturated heterocycles. The summed E-state index contributed by atoms with van der Waals surface area (Å²) in [5, 5.41) is 0.382. The first kappa shape index (κ1) is 21.0. The van der Waals surface area contributed by atoms with Crippen LogP contribution in [0.1, 0.15) is 31.4 Å². The summed E-state index contributed by atoms with van der Waals surface area (Å²) in [7, 11) is 1.12. The van der Waals surface area contributed by atoms with Crippen LogP contribution in [0.25, 0.3) is 0 Å². The standard InChI is InChI=1S/C16H17ClF3NO4/c1-3-25-15(23)9-13(16(18,19)20)21-12(8-14(22)24-2)10-4-6-11(17)7-5-10/h4-7,12H,3,8-9H2,1-2H3. The average Bonchev–Trinajstić information content (AvgIpc) is 2.53. The molecule has 9 heteroatoms. The summed E-state index contributed by atoms with van der Waals surface area (Å²) in [6.45, 7) is 1.43. The molecule has 0 aromatic heterocycles. The van der Waals surface area contributed by atoms with Gasteiger partial charge in [-0.3, -0.25) is 14.6 Å². The Kier molecular flexibility index (Phi) is 7.89. The Labute approximate surface area is 147 Å². The quantitative estimate of drug-likeness (QED) is 0.532. The summed E-state index contributed by atoms with van der Waals surface area (Å²) in [5.41, 5.74) is -0.991. The number of hydrogen-bond acceptors (Lipinski definition) is 5. The van der Waals surface area contributed by atoms with Crippen molar-refractivity contribution in [3.05, 3.63) is 34.9 Å². The number of carbonyl (C=O) groups is 2. The lowest BCUT2D eigenvalue weighted by molar-refractivity contribution is -0.142. The molecule has 0 N–H and O–H groups in total. The van der Waals surface area contributed by atoms with Gasteiger partial charge in [0.2, 0.25) is 0 Å². The van der Waals surface area contributed by atoms with E-state index in [9.17, 15) is 22.8 Å². The summed E-state index contributed by atoms with van der Waals surface area (Å²) < 4.78 is 48.7. The molecule has 138 valence electrons. The normalized spacial score (nSPS) is 13.3. The smallest absolute Gasteiger partial charge is 0.429 e. The third-order valence-corrected chi connectivity index (χ3v) is 3.35. The van der Waals surface area contributed by atoms with Crippen LogP contribution in [0.3, 0.4) is 0 Å². The third-order valence-electron chi connectivity index (χ3n) is 3.10.